The van der Waals surface area contributed by atoms with Crippen molar-refractivity contribution in [2.24, 2.45) is 0 Å². The fourth-order valence-corrected chi connectivity index (χ4v) is 1.56. The number of ether oxygens (including phenoxy) is 1. The molecule has 0 aliphatic heterocycles. The van der Waals surface area contributed by atoms with Gasteiger partial charge in [0.1, 0.15) is 0 Å². The van der Waals surface area contributed by atoms with E-state index in [9.17, 15) is 0 Å². The van der Waals surface area contributed by atoms with Crippen molar-refractivity contribution in [3.8, 4) is 5.88 Å². The first kappa shape index (κ1) is 10.7. The quantitative estimate of drug-likeness (QED) is 0.789. The number of hydrogen-bond acceptors (Lipinski definition) is 3. The second kappa shape index (κ2) is 4.35. The lowest BCUT2D eigenvalue weighted by atomic mass is 10.1. The number of methoxy groups -OCH3 is 1. The zero-order chi connectivity index (χ0) is 11.5. The molecule has 0 unspecified atom stereocenters. The standard InChI is InChI=1S/C12H15N3O/c1-9-5-14-15(7-9)8-11-6-13-12(16-3)4-10(11)2/h4-7H,8H2,1-3H3. The van der Waals surface area contributed by atoms with Crippen LogP contribution in [0.25, 0.3) is 0 Å². The Balaban J connectivity index is 2.21. The topological polar surface area (TPSA) is 39.9 Å². The van der Waals surface area contributed by atoms with E-state index in [1.807, 2.05) is 36.3 Å². The van der Waals surface area contributed by atoms with Crippen molar-refractivity contribution in [1.29, 1.82) is 0 Å². The minimum atomic E-state index is 0.651. The molecular weight excluding hydrogens is 202 g/mol. The van der Waals surface area contributed by atoms with Crippen LogP contribution in [-0.4, -0.2) is 21.9 Å². The van der Waals surface area contributed by atoms with Crippen LogP contribution < -0.4 is 4.74 Å². The molecule has 0 spiro atoms. The van der Waals surface area contributed by atoms with Crippen LogP contribution in [0.5, 0.6) is 5.88 Å². The molecule has 0 fully saturated rings. The van der Waals surface area contributed by atoms with Gasteiger partial charge in [0.05, 0.1) is 19.9 Å². The lowest BCUT2D eigenvalue weighted by molar-refractivity contribution is 0.397. The Morgan fingerprint density at radius 3 is 2.69 bits per heavy atom. The van der Waals surface area contributed by atoms with Gasteiger partial charge in [-0.05, 0) is 30.5 Å². The summed E-state index contributed by atoms with van der Waals surface area (Å²) in [6.07, 6.45) is 5.71. The molecular formula is C12H15N3O. The Hall–Kier alpha value is -1.84. The van der Waals surface area contributed by atoms with Gasteiger partial charge in [0.15, 0.2) is 0 Å². The number of aryl methyl sites for hydroxylation is 2. The van der Waals surface area contributed by atoms with Gasteiger partial charge in [-0.15, -0.1) is 0 Å². The average Bonchev–Trinajstić information content (AvgIpc) is 2.67. The summed E-state index contributed by atoms with van der Waals surface area (Å²) in [5.74, 6) is 0.651. The Labute approximate surface area is 94.9 Å². The smallest absolute Gasteiger partial charge is 0.213 e. The van der Waals surface area contributed by atoms with Gasteiger partial charge in [-0.2, -0.15) is 5.10 Å². The van der Waals surface area contributed by atoms with Gasteiger partial charge in [0, 0.05) is 18.5 Å². The highest BCUT2D eigenvalue weighted by molar-refractivity contribution is 5.28. The van der Waals surface area contributed by atoms with Gasteiger partial charge in [0.2, 0.25) is 5.88 Å². The summed E-state index contributed by atoms with van der Waals surface area (Å²) in [7, 11) is 1.62. The van der Waals surface area contributed by atoms with E-state index in [0.717, 1.165) is 12.1 Å². The largest absolute Gasteiger partial charge is 0.481 e. The molecule has 0 aromatic carbocycles. The zero-order valence-electron chi connectivity index (χ0n) is 9.77. The molecule has 2 rings (SSSR count). The predicted molar refractivity (Wildman–Crippen MR) is 61.6 cm³/mol. The van der Waals surface area contributed by atoms with Crippen LogP contribution in [0.4, 0.5) is 0 Å². The molecule has 84 valence electrons. The Bertz CT molecular complexity index is 491. The minimum absolute atomic E-state index is 0.651. The van der Waals surface area contributed by atoms with E-state index < -0.39 is 0 Å². The van der Waals surface area contributed by atoms with Gasteiger partial charge in [0.25, 0.3) is 0 Å². The van der Waals surface area contributed by atoms with Crippen molar-refractivity contribution in [3.05, 3.63) is 41.3 Å². The normalized spacial score (nSPS) is 10.4. The number of hydrogen-bond donors (Lipinski definition) is 0. The molecule has 16 heavy (non-hydrogen) atoms. The first-order valence-corrected chi connectivity index (χ1v) is 5.17. The third-order valence-electron chi connectivity index (χ3n) is 2.50. The fraction of sp³-hybridized carbons (Fsp3) is 0.333. The highest BCUT2D eigenvalue weighted by Crippen LogP contribution is 2.14. The Kier molecular flexibility index (Phi) is 2.90. The van der Waals surface area contributed by atoms with Crippen molar-refractivity contribution in [3.63, 3.8) is 0 Å². The molecule has 4 nitrogen and oxygen atoms in total. The van der Waals surface area contributed by atoms with E-state index in [0.29, 0.717) is 5.88 Å². The molecule has 0 N–H and O–H groups in total. The summed E-state index contributed by atoms with van der Waals surface area (Å²) in [5, 5.41) is 4.25. The van der Waals surface area contributed by atoms with Crippen molar-refractivity contribution in [1.82, 2.24) is 14.8 Å². The molecule has 2 heterocycles. The van der Waals surface area contributed by atoms with Gasteiger partial charge in [-0.1, -0.05) is 0 Å². The van der Waals surface area contributed by atoms with Crippen LogP contribution in [0.15, 0.2) is 24.7 Å². The first-order chi connectivity index (χ1) is 7.69. The Morgan fingerprint density at radius 2 is 2.12 bits per heavy atom. The lowest BCUT2D eigenvalue weighted by Gasteiger charge is -2.07. The minimum Gasteiger partial charge on any atom is -0.481 e. The summed E-state index contributed by atoms with van der Waals surface area (Å²) in [5.41, 5.74) is 3.49. The van der Waals surface area contributed by atoms with Crippen LogP contribution in [0, 0.1) is 13.8 Å². The van der Waals surface area contributed by atoms with Crippen LogP contribution >= 0.6 is 0 Å². The van der Waals surface area contributed by atoms with Gasteiger partial charge < -0.3 is 4.74 Å². The lowest BCUT2D eigenvalue weighted by Crippen LogP contribution is -2.03. The molecule has 2 aromatic rings. The van der Waals surface area contributed by atoms with E-state index in [1.165, 1.54) is 11.1 Å². The number of aromatic nitrogens is 3. The maximum absolute atomic E-state index is 5.07. The third kappa shape index (κ3) is 2.21. The van der Waals surface area contributed by atoms with Crippen molar-refractivity contribution < 1.29 is 4.74 Å². The summed E-state index contributed by atoms with van der Waals surface area (Å²) in [6, 6.07) is 1.94. The average molecular weight is 217 g/mol. The number of pyridine rings is 1. The molecule has 2 aromatic heterocycles. The van der Waals surface area contributed by atoms with Gasteiger partial charge in [-0.25, -0.2) is 4.98 Å². The second-order valence-corrected chi connectivity index (χ2v) is 3.87. The molecule has 0 saturated carbocycles. The molecule has 0 amide bonds. The summed E-state index contributed by atoms with van der Waals surface area (Å²) in [6.45, 7) is 4.83. The molecule has 0 saturated heterocycles. The fourth-order valence-electron chi connectivity index (χ4n) is 1.56. The van der Waals surface area contributed by atoms with Gasteiger partial charge >= 0.3 is 0 Å². The van der Waals surface area contributed by atoms with E-state index >= 15 is 0 Å². The van der Waals surface area contributed by atoms with E-state index in [-0.39, 0.29) is 0 Å². The second-order valence-electron chi connectivity index (χ2n) is 3.87. The maximum atomic E-state index is 5.07. The maximum Gasteiger partial charge on any atom is 0.213 e. The highest BCUT2D eigenvalue weighted by atomic mass is 16.5. The zero-order valence-corrected chi connectivity index (χ0v) is 9.77. The van der Waals surface area contributed by atoms with Crippen LogP contribution in [0.3, 0.4) is 0 Å². The SMILES string of the molecule is COc1cc(C)c(Cn2cc(C)cn2)cn1. The molecule has 0 atom stereocenters. The van der Waals surface area contributed by atoms with E-state index in [2.05, 4.69) is 17.0 Å². The molecule has 0 aliphatic carbocycles. The monoisotopic (exact) mass is 217 g/mol. The number of nitrogens with zero attached hydrogens (tertiary/aromatic N) is 3. The van der Waals surface area contributed by atoms with Crippen LogP contribution in [-0.2, 0) is 6.54 Å². The predicted octanol–water partition coefficient (Wildman–Crippen LogP) is 1.95. The Morgan fingerprint density at radius 1 is 1.31 bits per heavy atom. The summed E-state index contributed by atoms with van der Waals surface area (Å²) in [4.78, 5) is 4.20. The van der Waals surface area contributed by atoms with Crippen molar-refractivity contribution in [2.75, 3.05) is 7.11 Å². The molecule has 0 bridgehead atoms. The van der Waals surface area contributed by atoms with E-state index in [4.69, 9.17) is 4.74 Å². The number of rotatable bonds is 3. The molecule has 0 aliphatic rings. The highest BCUT2D eigenvalue weighted by Gasteiger charge is 2.03. The molecule has 0 radical (unpaired) electrons. The summed E-state index contributed by atoms with van der Waals surface area (Å²) < 4.78 is 6.98. The van der Waals surface area contributed by atoms with Gasteiger partial charge in [-0.3, -0.25) is 4.68 Å². The van der Waals surface area contributed by atoms with Crippen LogP contribution in [0.2, 0.25) is 0 Å². The van der Waals surface area contributed by atoms with Crippen LogP contribution in [0.1, 0.15) is 16.7 Å². The van der Waals surface area contributed by atoms with Crippen molar-refractivity contribution >= 4 is 0 Å². The first-order valence-electron chi connectivity index (χ1n) is 5.17. The third-order valence-corrected chi connectivity index (χ3v) is 2.50. The van der Waals surface area contributed by atoms with Crippen molar-refractivity contribution in [2.45, 2.75) is 20.4 Å². The summed E-state index contributed by atoms with van der Waals surface area (Å²) >= 11 is 0. The molecule has 4 heteroatoms. The van der Waals surface area contributed by atoms with E-state index in [1.54, 1.807) is 7.11 Å².